The molecule has 3 heteroatoms. The average molecular weight is 226 g/mol. The molecular formula is C12H16ClNO. The van der Waals surface area contributed by atoms with E-state index in [1.54, 1.807) is 0 Å². The molecule has 0 amide bonds. The monoisotopic (exact) mass is 225 g/mol. The second kappa shape index (κ2) is 4.86. The van der Waals surface area contributed by atoms with Gasteiger partial charge in [-0.1, -0.05) is 30.5 Å². The first-order chi connectivity index (χ1) is 7.25. The van der Waals surface area contributed by atoms with Gasteiger partial charge in [0.05, 0.1) is 17.3 Å². The topological polar surface area (TPSA) is 35.2 Å². The molecule has 2 nitrogen and oxygen atoms in total. The Morgan fingerprint density at radius 2 is 2.20 bits per heavy atom. The Morgan fingerprint density at radius 1 is 1.40 bits per heavy atom. The highest BCUT2D eigenvalue weighted by molar-refractivity contribution is 6.33. The summed E-state index contributed by atoms with van der Waals surface area (Å²) in [4.78, 5) is 0. The fourth-order valence-corrected chi connectivity index (χ4v) is 1.65. The molecule has 0 saturated heterocycles. The van der Waals surface area contributed by atoms with Gasteiger partial charge in [-0.25, -0.2) is 0 Å². The highest BCUT2D eigenvalue weighted by Crippen LogP contribution is 2.32. The van der Waals surface area contributed by atoms with E-state index >= 15 is 0 Å². The van der Waals surface area contributed by atoms with Gasteiger partial charge in [-0.3, -0.25) is 0 Å². The number of benzene rings is 1. The van der Waals surface area contributed by atoms with Gasteiger partial charge in [-0.2, -0.15) is 0 Å². The van der Waals surface area contributed by atoms with Gasteiger partial charge in [0.15, 0.2) is 0 Å². The predicted molar refractivity (Wildman–Crippen MR) is 62.9 cm³/mol. The molecule has 2 N–H and O–H groups in total. The Morgan fingerprint density at radius 3 is 2.87 bits per heavy atom. The van der Waals surface area contributed by atoms with Crippen molar-refractivity contribution in [1.29, 1.82) is 0 Å². The van der Waals surface area contributed by atoms with Gasteiger partial charge < -0.3 is 10.5 Å². The molecule has 0 aliphatic heterocycles. The van der Waals surface area contributed by atoms with Crippen LogP contribution in [-0.2, 0) is 11.3 Å². The van der Waals surface area contributed by atoms with Crippen molar-refractivity contribution in [2.24, 2.45) is 5.92 Å². The number of hydrogen-bond donors (Lipinski definition) is 1. The summed E-state index contributed by atoms with van der Waals surface area (Å²) < 4.78 is 5.57. The summed E-state index contributed by atoms with van der Waals surface area (Å²) in [7, 11) is 0. The van der Waals surface area contributed by atoms with Crippen molar-refractivity contribution in [3.05, 3.63) is 28.8 Å². The van der Waals surface area contributed by atoms with E-state index in [0.717, 1.165) is 18.1 Å². The number of hydrogen-bond acceptors (Lipinski definition) is 2. The van der Waals surface area contributed by atoms with E-state index in [0.29, 0.717) is 17.3 Å². The smallest absolute Gasteiger partial charge is 0.0717 e. The minimum atomic E-state index is 0.608. The molecule has 0 bridgehead atoms. The molecule has 82 valence electrons. The third-order valence-corrected chi connectivity index (χ3v) is 3.04. The highest BCUT2D eigenvalue weighted by atomic mass is 35.5. The summed E-state index contributed by atoms with van der Waals surface area (Å²) in [5.41, 5.74) is 7.41. The molecule has 1 aromatic rings. The lowest BCUT2D eigenvalue weighted by Gasteiger charge is -2.05. The van der Waals surface area contributed by atoms with Gasteiger partial charge in [-0.15, -0.1) is 0 Å². The first-order valence-electron chi connectivity index (χ1n) is 5.37. The van der Waals surface area contributed by atoms with E-state index in [2.05, 4.69) is 0 Å². The number of nitrogen functional groups attached to an aromatic ring is 1. The van der Waals surface area contributed by atoms with Crippen molar-refractivity contribution in [3.63, 3.8) is 0 Å². The van der Waals surface area contributed by atoms with Crippen molar-refractivity contribution in [2.75, 3.05) is 12.3 Å². The van der Waals surface area contributed by atoms with Crippen LogP contribution in [0.3, 0.4) is 0 Å². The van der Waals surface area contributed by atoms with E-state index < -0.39 is 0 Å². The van der Waals surface area contributed by atoms with E-state index in [-0.39, 0.29) is 0 Å². The van der Waals surface area contributed by atoms with Gasteiger partial charge in [0.2, 0.25) is 0 Å². The molecule has 15 heavy (non-hydrogen) atoms. The first-order valence-corrected chi connectivity index (χ1v) is 5.75. The minimum Gasteiger partial charge on any atom is -0.398 e. The second-order valence-electron chi connectivity index (χ2n) is 4.14. The van der Waals surface area contributed by atoms with Crippen LogP contribution in [0.5, 0.6) is 0 Å². The molecule has 0 unspecified atom stereocenters. The molecule has 0 heterocycles. The van der Waals surface area contributed by atoms with Crippen LogP contribution in [0.4, 0.5) is 5.69 Å². The van der Waals surface area contributed by atoms with Crippen LogP contribution in [-0.4, -0.2) is 6.61 Å². The molecule has 2 rings (SSSR count). The molecule has 1 fully saturated rings. The Kier molecular flexibility index (Phi) is 3.49. The van der Waals surface area contributed by atoms with E-state index in [4.69, 9.17) is 22.1 Å². The lowest BCUT2D eigenvalue weighted by atomic mass is 10.2. The fourth-order valence-electron chi connectivity index (χ4n) is 1.53. The number of ether oxygens (including phenoxy) is 1. The summed E-state index contributed by atoms with van der Waals surface area (Å²) in [5, 5.41) is 0.608. The van der Waals surface area contributed by atoms with Gasteiger partial charge in [0.25, 0.3) is 0 Å². The van der Waals surface area contributed by atoms with Gasteiger partial charge in [0.1, 0.15) is 0 Å². The van der Waals surface area contributed by atoms with Crippen LogP contribution in [0.2, 0.25) is 5.02 Å². The molecule has 1 saturated carbocycles. The SMILES string of the molecule is Nc1cc(COCCC2CC2)ccc1Cl. The number of halogens is 1. The van der Waals surface area contributed by atoms with Crippen LogP contribution in [0.1, 0.15) is 24.8 Å². The van der Waals surface area contributed by atoms with Gasteiger partial charge in [0, 0.05) is 6.61 Å². The minimum absolute atomic E-state index is 0.608. The van der Waals surface area contributed by atoms with E-state index in [1.165, 1.54) is 19.3 Å². The normalized spacial score (nSPS) is 15.5. The third-order valence-electron chi connectivity index (χ3n) is 2.70. The first kappa shape index (κ1) is 10.8. The Balaban J connectivity index is 1.74. The Hall–Kier alpha value is -0.730. The lowest BCUT2D eigenvalue weighted by Crippen LogP contribution is -1.97. The van der Waals surface area contributed by atoms with Crippen LogP contribution in [0.15, 0.2) is 18.2 Å². The Bertz CT molecular complexity index is 336. The van der Waals surface area contributed by atoms with E-state index in [9.17, 15) is 0 Å². The molecule has 0 radical (unpaired) electrons. The quantitative estimate of drug-likeness (QED) is 0.617. The van der Waals surface area contributed by atoms with Crippen LogP contribution in [0, 0.1) is 5.92 Å². The van der Waals surface area contributed by atoms with Crippen LogP contribution >= 0.6 is 11.6 Å². The summed E-state index contributed by atoms with van der Waals surface area (Å²) in [6, 6.07) is 5.64. The third kappa shape index (κ3) is 3.40. The fraction of sp³-hybridized carbons (Fsp3) is 0.500. The van der Waals surface area contributed by atoms with Crippen molar-refractivity contribution < 1.29 is 4.74 Å². The summed E-state index contributed by atoms with van der Waals surface area (Å²) >= 11 is 5.83. The average Bonchev–Trinajstić information content (AvgIpc) is 3.02. The zero-order valence-electron chi connectivity index (χ0n) is 8.71. The van der Waals surface area contributed by atoms with Gasteiger partial charge >= 0.3 is 0 Å². The van der Waals surface area contributed by atoms with Crippen molar-refractivity contribution in [1.82, 2.24) is 0 Å². The number of rotatable bonds is 5. The molecule has 1 aromatic carbocycles. The maximum atomic E-state index is 5.83. The maximum absolute atomic E-state index is 5.83. The lowest BCUT2D eigenvalue weighted by molar-refractivity contribution is 0.115. The zero-order valence-corrected chi connectivity index (χ0v) is 9.46. The molecular weight excluding hydrogens is 210 g/mol. The molecule has 1 aliphatic carbocycles. The maximum Gasteiger partial charge on any atom is 0.0717 e. The highest BCUT2D eigenvalue weighted by Gasteiger charge is 2.20. The van der Waals surface area contributed by atoms with Crippen LogP contribution in [0.25, 0.3) is 0 Å². The summed E-state index contributed by atoms with van der Waals surface area (Å²) in [5.74, 6) is 0.931. The largest absolute Gasteiger partial charge is 0.398 e. The number of nitrogens with two attached hydrogens (primary N) is 1. The summed E-state index contributed by atoms with van der Waals surface area (Å²) in [6.45, 7) is 1.49. The van der Waals surface area contributed by atoms with Crippen molar-refractivity contribution in [2.45, 2.75) is 25.9 Å². The Labute approximate surface area is 95.4 Å². The number of anilines is 1. The standard InChI is InChI=1S/C12H16ClNO/c13-11-4-3-10(7-12(11)14)8-15-6-5-9-1-2-9/h3-4,7,9H,1-2,5-6,8,14H2. The van der Waals surface area contributed by atoms with Crippen molar-refractivity contribution >= 4 is 17.3 Å². The zero-order chi connectivity index (χ0) is 10.7. The second-order valence-corrected chi connectivity index (χ2v) is 4.55. The van der Waals surface area contributed by atoms with Crippen molar-refractivity contribution in [3.8, 4) is 0 Å². The molecule has 0 spiro atoms. The van der Waals surface area contributed by atoms with Crippen LogP contribution < -0.4 is 5.73 Å². The molecule has 0 atom stereocenters. The van der Waals surface area contributed by atoms with E-state index in [1.807, 2.05) is 18.2 Å². The summed E-state index contributed by atoms with van der Waals surface area (Å²) in [6.07, 6.45) is 3.97. The molecule has 0 aromatic heterocycles. The van der Waals surface area contributed by atoms with Gasteiger partial charge in [-0.05, 0) is 30.0 Å². The predicted octanol–water partition coefficient (Wildman–Crippen LogP) is 3.24. The molecule has 1 aliphatic rings.